The molecular formula is C57H90N2O16. The summed E-state index contributed by atoms with van der Waals surface area (Å²) in [6.45, 7) is 14.4. The molecule has 2 fully saturated rings. The van der Waals surface area contributed by atoms with Gasteiger partial charge in [0.15, 0.2) is 12.1 Å². The zero-order valence-corrected chi connectivity index (χ0v) is 46.2. The highest BCUT2D eigenvalue weighted by Crippen LogP contribution is 2.36. The van der Waals surface area contributed by atoms with Crippen molar-refractivity contribution in [1.82, 2.24) is 10.6 Å². The van der Waals surface area contributed by atoms with Crippen molar-refractivity contribution in [3.8, 4) is 0 Å². The summed E-state index contributed by atoms with van der Waals surface area (Å²) >= 11 is 0. The summed E-state index contributed by atoms with van der Waals surface area (Å²) in [5.41, 5.74) is 0.935. The second kappa shape index (κ2) is 36.2. The highest BCUT2D eigenvalue weighted by molar-refractivity contribution is 5.89. The Balaban J connectivity index is 1.39. The van der Waals surface area contributed by atoms with Crippen LogP contribution in [-0.2, 0) is 82.9 Å². The molecule has 2 N–H and O–H groups in total. The largest absolute Gasteiger partial charge is 0.463 e. The number of rotatable bonds is 36. The van der Waals surface area contributed by atoms with Crippen LogP contribution < -0.4 is 10.6 Å². The highest BCUT2D eigenvalue weighted by atomic mass is 16.7. The third-order valence-electron chi connectivity index (χ3n) is 14.3. The molecule has 0 radical (unpaired) electrons. The van der Waals surface area contributed by atoms with Gasteiger partial charge in [0.2, 0.25) is 11.8 Å². The molecule has 11 atom stereocenters. The Bertz CT molecular complexity index is 1900. The molecule has 75 heavy (non-hydrogen) atoms. The fraction of sp³-hybridized carbons (Fsp3) is 0.754. The lowest BCUT2D eigenvalue weighted by atomic mass is 9.79. The van der Waals surface area contributed by atoms with Crippen molar-refractivity contribution in [3.63, 3.8) is 0 Å². The molecule has 2 amide bonds. The maximum absolute atomic E-state index is 13.6. The number of ether oxygens (including phenoxy) is 8. The fourth-order valence-electron chi connectivity index (χ4n) is 9.63. The third kappa shape index (κ3) is 26.1. The number of amides is 2. The van der Waals surface area contributed by atoms with Crippen LogP contribution in [0.25, 0.3) is 0 Å². The average molecular weight is 1060 g/mol. The molecule has 0 spiro atoms. The van der Waals surface area contributed by atoms with Crippen LogP contribution in [0.2, 0.25) is 0 Å². The number of unbranched alkanes of at least 4 members (excludes halogenated alkanes) is 9. The topological polar surface area (TPSA) is 234 Å². The minimum Gasteiger partial charge on any atom is -0.463 e. The van der Waals surface area contributed by atoms with E-state index in [1.54, 1.807) is 0 Å². The van der Waals surface area contributed by atoms with Gasteiger partial charge < -0.3 is 48.5 Å². The first-order valence-electron chi connectivity index (χ1n) is 27.7. The number of nitrogens with one attached hydrogen (secondary N) is 2. The Kier molecular flexibility index (Phi) is 31.0. The van der Waals surface area contributed by atoms with E-state index in [1.165, 1.54) is 27.7 Å². The van der Waals surface area contributed by atoms with Crippen molar-refractivity contribution in [2.45, 2.75) is 227 Å². The summed E-state index contributed by atoms with van der Waals surface area (Å²) in [5, 5.41) is 5.99. The number of Topliss-reactive ketones (excluding diaryl/α,β-unsaturated/α-hetero) is 1. The van der Waals surface area contributed by atoms with Gasteiger partial charge >= 0.3 is 29.8 Å². The molecular weight excluding hydrogens is 969 g/mol. The Hall–Kier alpha value is -4.94. The van der Waals surface area contributed by atoms with Gasteiger partial charge in [-0.1, -0.05) is 96.6 Å². The Morgan fingerprint density at radius 3 is 1.69 bits per heavy atom. The number of hydrogen-bond acceptors (Lipinski definition) is 16. The standard InChI is InChI=1S/C57H90N2O16/c1-38-39(2)55(72-44(7)62)50(36-69-42(5)60)74-49(38)29-18-10-11-19-31-53(66)59-47(48(64)28-17-9-12-21-32-54(67)71-35-46-25-15-13-16-26-46)27-22-23-33-58-52(65)30-20-14-24-34-68-57-41(4)40(3)56(73-45(8)63)51(75-57)37-70-43(6)61/h13,15-16,25-26,38-41,47,49-51,55-57H,9-12,14,17-24,27-37H2,1-8H3,(H,58,65)(H,59,66)/t38?,39?,40?,41?,47-,49?,50?,51?,55?,56?,57?/m0/s1. The Morgan fingerprint density at radius 1 is 0.533 bits per heavy atom. The quantitative estimate of drug-likeness (QED) is 0.0365. The molecule has 1 aromatic rings. The third-order valence-corrected chi connectivity index (χ3v) is 14.3. The average Bonchev–Trinajstić information content (AvgIpc) is 3.36. The van der Waals surface area contributed by atoms with Crippen molar-refractivity contribution in [2.24, 2.45) is 23.7 Å². The van der Waals surface area contributed by atoms with Crippen LogP contribution in [0, 0.1) is 23.7 Å². The molecule has 3 rings (SSSR count). The first kappa shape index (κ1) is 64.3. The molecule has 18 nitrogen and oxygen atoms in total. The number of esters is 5. The van der Waals surface area contributed by atoms with Crippen molar-refractivity contribution in [3.05, 3.63) is 35.9 Å². The molecule has 424 valence electrons. The fourth-order valence-corrected chi connectivity index (χ4v) is 9.63. The molecule has 0 saturated carbocycles. The van der Waals surface area contributed by atoms with E-state index in [2.05, 4.69) is 17.6 Å². The van der Waals surface area contributed by atoms with E-state index in [0.29, 0.717) is 83.8 Å². The zero-order valence-electron chi connectivity index (χ0n) is 46.2. The van der Waals surface area contributed by atoms with Gasteiger partial charge in [0.1, 0.15) is 44.2 Å². The molecule has 2 aliphatic rings. The zero-order chi connectivity index (χ0) is 55.1. The lowest BCUT2D eigenvalue weighted by Gasteiger charge is -2.44. The van der Waals surface area contributed by atoms with E-state index in [1.807, 2.05) is 51.1 Å². The van der Waals surface area contributed by atoms with Crippen LogP contribution in [0.5, 0.6) is 0 Å². The number of benzene rings is 1. The smallest absolute Gasteiger partial charge is 0.306 e. The van der Waals surface area contributed by atoms with Gasteiger partial charge in [-0.05, 0) is 69.3 Å². The van der Waals surface area contributed by atoms with Gasteiger partial charge in [0.25, 0.3) is 0 Å². The van der Waals surface area contributed by atoms with Gasteiger partial charge in [-0.15, -0.1) is 0 Å². The van der Waals surface area contributed by atoms with E-state index < -0.39 is 60.6 Å². The minimum atomic E-state index is -0.653. The molecule has 2 aliphatic heterocycles. The second-order valence-electron chi connectivity index (χ2n) is 20.6. The molecule has 10 unspecified atom stereocenters. The maximum atomic E-state index is 13.6. The van der Waals surface area contributed by atoms with E-state index in [-0.39, 0.29) is 79.6 Å². The van der Waals surface area contributed by atoms with Crippen molar-refractivity contribution in [2.75, 3.05) is 26.4 Å². The number of hydrogen-bond donors (Lipinski definition) is 2. The SMILES string of the molecule is CC(=O)OCC1OC(CCCCCCC(=O)N[C@@H](CCCCNC(=O)CCCCCOC2OC(COC(C)=O)C(OC(C)=O)C(C)C2C)C(=O)CCCCCCC(=O)OCc2ccccc2)C(C)C(C)C1OC(C)=O. The predicted molar refractivity (Wildman–Crippen MR) is 278 cm³/mol. The normalized spacial score (nSPS) is 23.7. The molecule has 0 bridgehead atoms. The first-order chi connectivity index (χ1) is 35.9. The highest BCUT2D eigenvalue weighted by Gasteiger charge is 2.45. The monoisotopic (exact) mass is 1060 g/mol. The van der Waals surface area contributed by atoms with Crippen molar-refractivity contribution in [1.29, 1.82) is 0 Å². The van der Waals surface area contributed by atoms with Crippen molar-refractivity contribution >= 4 is 47.4 Å². The van der Waals surface area contributed by atoms with E-state index in [9.17, 15) is 38.4 Å². The van der Waals surface area contributed by atoms with Crippen molar-refractivity contribution < 1.29 is 76.3 Å². The van der Waals surface area contributed by atoms with Gasteiger partial charge in [-0.2, -0.15) is 0 Å². The molecule has 18 heteroatoms. The minimum absolute atomic E-state index is 0.00348. The summed E-state index contributed by atoms with van der Waals surface area (Å²) in [6, 6.07) is 8.89. The Labute approximate surface area is 445 Å². The van der Waals surface area contributed by atoms with Gasteiger partial charge in [-0.3, -0.25) is 38.4 Å². The summed E-state index contributed by atoms with van der Waals surface area (Å²) < 4.78 is 45.4. The molecule has 0 aromatic heterocycles. The van der Waals surface area contributed by atoms with Crippen LogP contribution in [0.15, 0.2) is 30.3 Å². The van der Waals surface area contributed by atoms with Crippen LogP contribution in [0.3, 0.4) is 0 Å². The number of carbonyl (C=O) groups excluding carboxylic acids is 8. The summed E-state index contributed by atoms with van der Waals surface area (Å²) in [7, 11) is 0. The van der Waals surface area contributed by atoms with Gasteiger partial charge in [-0.25, -0.2) is 0 Å². The number of ketones is 1. The summed E-state index contributed by atoms with van der Waals surface area (Å²) in [5.74, 6) is -2.31. The number of carbonyl (C=O) groups is 8. The van der Waals surface area contributed by atoms with Crippen LogP contribution in [0.1, 0.15) is 183 Å². The van der Waals surface area contributed by atoms with Gasteiger partial charge in [0, 0.05) is 84.3 Å². The lowest BCUT2D eigenvalue weighted by Crippen LogP contribution is -2.53. The lowest BCUT2D eigenvalue weighted by molar-refractivity contribution is -0.273. The first-order valence-corrected chi connectivity index (χ1v) is 27.7. The predicted octanol–water partition coefficient (Wildman–Crippen LogP) is 8.35. The molecule has 2 heterocycles. The Morgan fingerprint density at radius 2 is 1.08 bits per heavy atom. The summed E-state index contributed by atoms with van der Waals surface area (Å²) in [4.78, 5) is 98.3. The van der Waals surface area contributed by atoms with Gasteiger partial charge in [0.05, 0.1) is 12.1 Å². The van der Waals surface area contributed by atoms with E-state index in [0.717, 1.165) is 50.5 Å². The molecule has 1 aromatic carbocycles. The van der Waals surface area contributed by atoms with E-state index >= 15 is 0 Å². The van der Waals surface area contributed by atoms with Crippen LogP contribution in [-0.4, -0.2) is 117 Å². The summed E-state index contributed by atoms with van der Waals surface area (Å²) in [6.07, 6.45) is 9.03. The molecule has 0 aliphatic carbocycles. The van der Waals surface area contributed by atoms with E-state index in [4.69, 9.17) is 37.9 Å². The second-order valence-corrected chi connectivity index (χ2v) is 20.6. The van der Waals surface area contributed by atoms with Crippen LogP contribution >= 0.6 is 0 Å². The maximum Gasteiger partial charge on any atom is 0.306 e. The molecule has 2 saturated heterocycles. The van der Waals surface area contributed by atoms with Crippen LogP contribution in [0.4, 0.5) is 0 Å².